The number of nitrogens with zero attached hydrogens (tertiary/aromatic N) is 4. The van der Waals surface area contributed by atoms with Gasteiger partial charge in [-0.2, -0.15) is 0 Å². The summed E-state index contributed by atoms with van der Waals surface area (Å²) in [4.78, 5) is 15.2. The van der Waals surface area contributed by atoms with E-state index >= 15 is 0 Å². The van der Waals surface area contributed by atoms with Gasteiger partial charge in [-0.05, 0) is 68.6 Å². The molecule has 236 valence electrons. The standard InChI is InChI=1S/C47H28N4/c1-3-13-31(14-4-1)45-48-46(32-15-5-2-6-16-32)50-47(49-45)38-25-22-30-17-11-20-35-39-28-33(24-26-36(39)44(38)42(30)35)51-40-21-10-9-19-37(40)43-34-18-8-7-12-29(34)23-27-41(43)51/h1-28H. The molecule has 1 aliphatic rings. The number of hydrogen-bond acceptors (Lipinski definition) is 3. The lowest BCUT2D eigenvalue weighted by Gasteiger charge is -2.13. The summed E-state index contributed by atoms with van der Waals surface area (Å²) in [6.45, 7) is 0. The first-order chi connectivity index (χ1) is 25.3. The van der Waals surface area contributed by atoms with Crippen LogP contribution in [0.3, 0.4) is 0 Å². The number of para-hydroxylation sites is 1. The molecule has 4 nitrogen and oxygen atoms in total. The van der Waals surface area contributed by atoms with Crippen molar-refractivity contribution in [3.05, 3.63) is 170 Å². The van der Waals surface area contributed by atoms with Crippen molar-refractivity contribution >= 4 is 43.4 Å². The fourth-order valence-corrected chi connectivity index (χ4v) is 8.13. The molecule has 0 aliphatic heterocycles. The van der Waals surface area contributed by atoms with Gasteiger partial charge in [0.25, 0.3) is 0 Å². The van der Waals surface area contributed by atoms with E-state index in [4.69, 9.17) is 15.0 Å². The molecule has 0 fully saturated rings. The Hall–Kier alpha value is -6.91. The highest BCUT2D eigenvalue weighted by atomic mass is 15.0. The zero-order valence-electron chi connectivity index (χ0n) is 27.5. The maximum absolute atomic E-state index is 5.14. The molecule has 0 unspecified atom stereocenters. The molecule has 4 heteroatoms. The summed E-state index contributed by atoms with van der Waals surface area (Å²) >= 11 is 0. The molecule has 0 atom stereocenters. The Bertz CT molecular complexity index is 2960. The molecule has 0 spiro atoms. The summed E-state index contributed by atoms with van der Waals surface area (Å²) in [7, 11) is 0. The van der Waals surface area contributed by atoms with Crippen LogP contribution in [0.4, 0.5) is 0 Å². The zero-order chi connectivity index (χ0) is 33.5. The summed E-state index contributed by atoms with van der Waals surface area (Å²) in [5, 5.41) is 7.51. The highest BCUT2D eigenvalue weighted by Gasteiger charge is 2.27. The number of aromatic nitrogens is 4. The molecule has 2 aromatic heterocycles. The van der Waals surface area contributed by atoms with Crippen LogP contribution in [0.15, 0.2) is 170 Å². The van der Waals surface area contributed by atoms with Crippen molar-refractivity contribution < 1.29 is 0 Å². The van der Waals surface area contributed by atoms with Crippen LogP contribution < -0.4 is 0 Å². The molecule has 0 radical (unpaired) electrons. The Kier molecular flexibility index (Phi) is 5.92. The first-order valence-electron chi connectivity index (χ1n) is 17.3. The van der Waals surface area contributed by atoms with Gasteiger partial charge in [-0.3, -0.25) is 0 Å². The average molecular weight is 649 g/mol. The van der Waals surface area contributed by atoms with Gasteiger partial charge in [0.15, 0.2) is 17.5 Å². The second-order valence-electron chi connectivity index (χ2n) is 13.2. The van der Waals surface area contributed by atoms with Gasteiger partial charge in [-0.1, -0.05) is 140 Å². The smallest absolute Gasteiger partial charge is 0.164 e. The third-order valence-electron chi connectivity index (χ3n) is 10.4. The topological polar surface area (TPSA) is 43.6 Å². The molecule has 0 bridgehead atoms. The summed E-state index contributed by atoms with van der Waals surface area (Å²) in [6, 6.07) is 60.3. The van der Waals surface area contributed by atoms with Crippen LogP contribution in [0.25, 0.3) is 105 Å². The minimum absolute atomic E-state index is 0.660. The second-order valence-corrected chi connectivity index (χ2v) is 13.2. The van der Waals surface area contributed by atoms with Crippen molar-refractivity contribution in [1.29, 1.82) is 0 Å². The van der Waals surface area contributed by atoms with E-state index in [1.807, 2.05) is 36.4 Å². The Balaban J connectivity index is 1.15. The number of hydrogen-bond donors (Lipinski definition) is 0. The van der Waals surface area contributed by atoms with E-state index < -0.39 is 0 Å². The van der Waals surface area contributed by atoms with Crippen molar-refractivity contribution in [3.63, 3.8) is 0 Å². The molecule has 0 saturated heterocycles. The first-order valence-corrected chi connectivity index (χ1v) is 17.3. The highest BCUT2D eigenvalue weighted by Crippen LogP contribution is 2.52. The van der Waals surface area contributed by atoms with Gasteiger partial charge in [0.1, 0.15) is 0 Å². The third kappa shape index (κ3) is 4.17. The van der Waals surface area contributed by atoms with E-state index in [2.05, 4.69) is 138 Å². The van der Waals surface area contributed by atoms with Crippen molar-refractivity contribution in [2.45, 2.75) is 0 Å². The predicted octanol–water partition coefficient (Wildman–Crippen LogP) is 11.9. The molecule has 2 heterocycles. The van der Waals surface area contributed by atoms with Crippen molar-refractivity contribution in [2.24, 2.45) is 0 Å². The van der Waals surface area contributed by atoms with Crippen LogP contribution in [0, 0.1) is 0 Å². The minimum atomic E-state index is 0.660. The quantitative estimate of drug-likeness (QED) is 0.191. The van der Waals surface area contributed by atoms with Gasteiger partial charge in [0, 0.05) is 38.7 Å². The monoisotopic (exact) mass is 648 g/mol. The number of fused-ring (bicyclic) bond motifs is 8. The van der Waals surface area contributed by atoms with Gasteiger partial charge >= 0.3 is 0 Å². The fraction of sp³-hybridized carbons (Fsp3) is 0. The molecule has 0 saturated carbocycles. The molecule has 51 heavy (non-hydrogen) atoms. The summed E-state index contributed by atoms with van der Waals surface area (Å²) in [6.07, 6.45) is 0. The molecular formula is C47H28N4. The lowest BCUT2D eigenvalue weighted by molar-refractivity contribution is 1.07. The third-order valence-corrected chi connectivity index (χ3v) is 10.4. The second kappa shape index (κ2) is 10.8. The minimum Gasteiger partial charge on any atom is -0.309 e. The van der Waals surface area contributed by atoms with Crippen LogP contribution >= 0.6 is 0 Å². The summed E-state index contributed by atoms with van der Waals surface area (Å²) in [5.41, 5.74) is 11.3. The average Bonchev–Trinajstić information content (AvgIpc) is 3.72. The molecule has 8 aromatic carbocycles. The lowest BCUT2D eigenvalue weighted by atomic mass is 9.97. The van der Waals surface area contributed by atoms with E-state index in [9.17, 15) is 0 Å². The van der Waals surface area contributed by atoms with E-state index in [0.29, 0.717) is 17.5 Å². The largest absolute Gasteiger partial charge is 0.309 e. The first kappa shape index (κ1) is 28.0. The molecule has 0 amide bonds. The maximum atomic E-state index is 5.14. The van der Waals surface area contributed by atoms with Crippen LogP contribution in [0.2, 0.25) is 0 Å². The van der Waals surface area contributed by atoms with Crippen LogP contribution in [-0.4, -0.2) is 19.5 Å². The fourth-order valence-electron chi connectivity index (χ4n) is 8.13. The Morgan fingerprint density at radius 2 is 0.980 bits per heavy atom. The van der Waals surface area contributed by atoms with Crippen molar-refractivity contribution in [2.75, 3.05) is 0 Å². The van der Waals surface area contributed by atoms with E-state index in [1.165, 1.54) is 65.6 Å². The van der Waals surface area contributed by atoms with Crippen LogP contribution in [0.5, 0.6) is 0 Å². The van der Waals surface area contributed by atoms with E-state index in [1.54, 1.807) is 0 Å². The Morgan fingerprint density at radius 1 is 0.353 bits per heavy atom. The van der Waals surface area contributed by atoms with Crippen LogP contribution in [0.1, 0.15) is 0 Å². The highest BCUT2D eigenvalue weighted by molar-refractivity contribution is 6.22. The normalized spacial score (nSPS) is 11.9. The molecule has 10 aromatic rings. The zero-order valence-corrected chi connectivity index (χ0v) is 27.5. The number of benzene rings is 8. The van der Waals surface area contributed by atoms with Gasteiger partial charge in [-0.15, -0.1) is 0 Å². The van der Waals surface area contributed by atoms with Gasteiger partial charge in [-0.25, -0.2) is 15.0 Å². The Morgan fingerprint density at radius 3 is 1.76 bits per heavy atom. The van der Waals surface area contributed by atoms with E-state index in [0.717, 1.165) is 22.4 Å². The molecular weight excluding hydrogens is 621 g/mol. The van der Waals surface area contributed by atoms with Gasteiger partial charge < -0.3 is 4.57 Å². The molecule has 0 N–H and O–H groups in total. The Labute approximate surface area is 294 Å². The molecule has 1 aliphatic carbocycles. The molecule has 11 rings (SSSR count). The predicted molar refractivity (Wildman–Crippen MR) is 210 cm³/mol. The summed E-state index contributed by atoms with van der Waals surface area (Å²) in [5.74, 6) is 1.99. The van der Waals surface area contributed by atoms with Crippen molar-refractivity contribution in [1.82, 2.24) is 19.5 Å². The SMILES string of the molecule is c1ccc(-c2nc(-c3ccccc3)nc(-c3ccc4cccc5c4c3-c3ccc(-n4c6ccccc6c6c7ccccc7ccc64)cc3-5)n2)cc1. The lowest BCUT2D eigenvalue weighted by Crippen LogP contribution is -2.01. The van der Waals surface area contributed by atoms with Gasteiger partial charge in [0.2, 0.25) is 0 Å². The summed E-state index contributed by atoms with van der Waals surface area (Å²) < 4.78 is 2.42. The maximum Gasteiger partial charge on any atom is 0.164 e. The van der Waals surface area contributed by atoms with E-state index in [-0.39, 0.29) is 0 Å². The van der Waals surface area contributed by atoms with Crippen LogP contribution in [-0.2, 0) is 0 Å². The van der Waals surface area contributed by atoms with Gasteiger partial charge in [0.05, 0.1) is 11.0 Å². The number of rotatable bonds is 4. The van der Waals surface area contributed by atoms with Crippen molar-refractivity contribution in [3.8, 4) is 62.1 Å².